The number of rotatable bonds is 4. The third-order valence-electron chi connectivity index (χ3n) is 3.44. The first-order valence-electron chi connectivity index (χ1n) is 6.83. The van der Waals surface area contributed by atoms with E-state index in [2.05, 4.69) is 14.6 Å². The third kappa shape index (κ3) is 3.77. The van der Waals surface area contributed by atoms with Crippen LogP contribution < -0.4 is 0 Å². The fourth-order valence-corrected chi connectivity index (χ4v) is 2.25. The molecule has 0 atom stereocenters. The molecule has 1 fully saturated rings. The molecular formula is C14H19N3O4. The van der Waals surface area contributed by atoms with Gasteiger partial charge in [-0.25, -0.2) is 9.78 Å². The molecule has 1 saturated heterocycles. The second-order valence-corrected chi connectivity index (χ2v) is 4.76. The van der Waals surface area contributed by atoms with Crippen LogP contribution in [0.1, 0.15) is 21.0 Å². The number of aromatic nitrogens is 1. The number of piperazine rings is 1. The van der Waals surface area contributed by atoms with Gasteiger partial charge in [-0.3, -0.25) is 9.69 Å². The van der Waals surface area contributed by atoms with Crippen molar-refractivity contribution in [3.63, 3.8) is 0 Å². The Morgan fingerprint density at radius 1 is 1.24 bits per heavy atom. The van der Waals surface area contributed by atoms with Gasteiger partial charge in [-0.15, -0.1) is 0 Å². The molecule has 0 aromatic carbocycles. The molecule has 1 aliphatic heterocycles. The van der Waals surface area contributed by atoms with E-state index in [1.54, 1.807) is 17.0 Å². The third-order valence-corrected chi connectivity index (χ3v) is 3.44. The van der Waals surface area contributed by atoms with E-state index >= 15 is 0 Å². The van der Waals surface area contributed by atoms with E-state index in [0.717, 1.165) is 13.1 Å². The lowest BCUT2D eigenvalue weighted by molar-refractivity contribution is 0.0591. The number of hydrogen-bond donors (Lipinski definition) is 1. The van der Waals surface area contributed by atoms with Gasteiger partial charge in [0.15, 0.2) is 0 Å². The number of carbonyl (C=O) groups excluding carboxylic acids is 2. The first kappa shape index (κ1) is 15.4. The molecule has 0 aliphatic carbocycles. The van der Waals surface area contributed by atoms with Gasteiger partial charge in [0.25, 0.3) is 5.91 Å². The van der Waals surface area contributed by atoms with Crippen LogP contribution in [0.25, 0.3) is 0 Å². The van der Waals surface area contributed by atoms with Crippen LogP contribution in [0.4, 0.5) is 0 Å². The SMILES string of the molecule is COC(=O)c1cccc(C(=O)N2CCN(CCO)CC2)n1. The summed E-state index contributed by atoms with van der Waals surface area (Å²) < 4.78 is 4.60. The molecule has 0 unspecified atom stereocenters. The monoisotopic (exact) mass is 293 g/mol. The van der Waals surface area contributed by atoms with Crippen LogP contribution in [0, 0.1) is 0 Å². The van der Waals surface area contributed by atoms with Crippen molar-refractivity contribution in [2.45, 2.75) is 0 Å². The van der Waals surface area contributed by atoms with Gasteiger partial charge in [0, 0.05) is 32.7 Å². The van der Waals surface area contributed by atoms with Gasteiger partial charge in [0.05, 0.1) is 13.7 Å². The lowest BCUT2D eigenvalue weighted by Crippen LogP contribution is -2.49. The topological polar surface area (TPSA) is 83.0 Å². The molecule has 1 aliphatic rings. The second-order valence-electron chi connectivity index (χ2n) is 4.76. The lowest BCUT2D eigenvalue weighted by atomic mass is 10.2. The molecule has 0 spiro atoms. The fourth-order valence-electron chi connectivity index (χ4n) is 2.25. The summed E-state index contributed by atoms with van der Waals surface area (Å²) in [6.45, 7) is 3.37. The van der Waals surface area contributed by atoms with E-state index < -0.39 is 5.97 Å². The van der Waals surface area contributed by atoms with Gasteiger partial charge < -0.3 is 14.7 Å². The number of β-amino-alcohol motifs (C(OH)–C–C–N with tert-alkyl or cyclic N) is 1. The summed E-state index contributed by atoms with van der Waals surface area (Å²) >= 11 is 0. The zero-order valence-electron chi connectivity index (χ0n) is 12.0. The van der Waals surface area contributed by atoms with Crippen LogP contribution in [-0.2, 0) is 4.74 Å². The Labute approximate surface area is 123 Å². The van der Waals surface area contributed by atoms with Gasteiger partial charge in [-0.2, -0.15) is 0 Å². The van der Waals surface area contributed by atoms with E-state index in [0.29, 0.717) is 19.6 Å². The Morgan fingerprint density at radius 3 is 2.52 bits per heavy atom. The Kier molecular flexibility index (Phi) is 5.24. The number of esters is 1. The molecule has 2 rings (SSSR count). The molecule has 0 saturated carbocycles. The van der Waals surface area contributed by atoms with Crippen molar-refractivity contribution in [3.8, 4) is 0 Å². The standard InChI is InChI=1S/C14H19N3O4/c1-21-14(20)12-4-2-3-11(15-12)13(19)17-7-5-16(6-8-17)9-10-18/h2-4,18H,5-10H2,1H3. The predicted molar refractivity (Wildman–Crippen MR) is 75.0 cm³/mol. The zero-order chi connectivity index (χ0) is 15.2. The van der Waals surface area contributed by atoms with Crippen LogP contribution in [0.5, 0.6) is 0 Å². The van der Waals surface area contributed by atoms with Gasteiger partial charge in [0.2, 0.25) is 0 Å². The van der Waals surface area contributed by atoms with Crippen LogP contribution >= 0.6 is 0 Å². The maximum atomic E-state index is 12.4. The second kappa shape index (κ2) is 7.14. The predicted octanol–water partition coefficient (Wildman–Crippen LogP) is -0.382. The van der Waals surface area contributed by atoms with E-state index in [1.807, 2.05) is 0 Å². The van der Waals surface area contributed by atoms with Crippen molar-refractivity contribution >= 4 is 11.9 Å². The first-order valence-corrected chi connectivity index (χ1v) is 6.83. The molecule has 1 N–H and O–H groups in total. The first-order chi connectivity index (χ1) is 10.2. The maximum Gasteiger partial charge on any atom is 0.356 e. The van der Waals surface area contributed by atoms with Gasteiger partial charge in [-0.1, -0.05) is 6.07 Å². The number of aliphatic hydroxyl groups is 1. The zero-order valence-corrected chi connectivity index (χ0v) is 12.0. The molecular weight excluding hydrogens is 274 g/mol. The fraction of sp³-hybridized carbons (Fsp3) is 0.500. The van der Waals surface area contributed by atoms with E-state index in [9.17, 15) is 9.59 Å². The molecule has 1 aromatic heterocycles. The molecule has 1 amide bonds. The minimum Gasteiger partial charge on any atom is -0.464 e. The number of pyridine rings is 1. The molecule has 7 heteroatoms. The average molecular weight is 293 g/mol. The summed E-state index contributed by atoms with van der Waals surface area (Å²) in [5, 5.41) is 8.90. The molecule has 7 nitrogen and oxygen atoms in total. The van der Waals surface area contributed by atoms with Crippen molar-refractivity contribution in [2.24, 2.45) is 0 Å². The summed E-state index contributed by atoms with van der Waals surface area (Å²) in [5.74, 6) is -0.748. The number of ether oxygens (including phenoxy) is 1. The van der Waals surface area contributed by atoms with Crippen molar-refractivity contribution in [2.75, 3.05) is 46.4 Å². The highest BCUT2D eigenvalue weighted by Crippen LogP contribution is 2.08. The van der Waals surface area contributed by atoms with E-state index in [-0.39, 0.29) is 23.9 Å². The lowest BCUT2D eigenvalue weighted by Gasteiger charge is -2.34. The summed E-state index contributed by atoms with van der Waals surface area (Å²) in [7, 11) is 1.28. The highest BCUT2D eigenvalue weighted by molar-refractivity contribution is 5.94. The normalized spacial score (nSPS) is 15.8. The Bertz CT molecular complexity index is 513. The van der Waals surface area contributed by atoms with Gasteiger partial charge >= 0.3 is 5.97 Å². The number of hydrogen-bond acceptors (Lipinski definition) is 6. The maximum absolute atomic E-state index is 12.4. The molecule has 0 bridgehead atoms. The smallest absolute Gasteiger partial charge is 0.356 e. The highest BCUT2D eigenvalue weighted by Gasteiger charge is 2.23. The van der Waals surface area contributed by atoms with Crippen LogP contribution in [0.3, 0.4) is 0 Å². The van der Waals surface area contributed by atoms with Crippen molar-refractivity contribution in [1.29, 1.82) is 0 Å². The number of aliphatic hydroxyl groups excluding tert-OH is 1. The molecule has 114 valence electrons. The quantitative estimate of drug-likeness (QED) is 0.762. The summed E-state index contributed by atoms with van der Waals surface area (Å²) in [6.07, 6.45) is 0. The van der Waals surface area contributed by atoms with Gasteiger partial charge in [0.1, 0.15) is 11.4 Å². The summed E-state index contributed by atoms with van der Waals surface area (Å²) in [4.78, 5) is 31.7. The van der Waals surface area contributed by atoms with Crippen LogP contribution in [-0.4, -0.2) is 78.2 Å². The number of nitrogens with zero attached hydrogens (tertiary/aromatic N) is 3. The average Bonchev–Trinajstić information content (AvgIpc) is 2.54. The van der Waals surface area contributed by atoms with Crippen molar-refractivity contribution in [1.82, 2.24) is 14.8 Å². The number of amides is 1. The summed E-state index contributed by atoms with van der Waals surface area (Å²) in [5.41, 5.74) is 0.371. The van der Waals surface area contributed by atoms with Crippen molar-refractivity contribution in [3.05, 3.63) is 29.6 Å². The summed E-state index contributed by atoms with van der Waals surface area (Å²) in [6, 6.07) is 4.73. The molecule has 21 heavy (non-hydrogen) atoms. The van der Waals surface area contributed by atoms with Crippen LogP contribution in [0.15, 0.2) is 18.2 Å². The van der Waals surface area contributed by atoms with E-state index in [4.69, 9.17) is 5.11 Å². The largest absolute Gasteiger partial charge is 0.464 e. The highest BCUT2D eigenvalue weighted by atomic mass is 16.5. The molecule has 1 aromatic rings. The molecule has 0 radical (unpaired) electrons. The minimum atomic E-state index is -0.558. The van der Waals surface area contributed by atoms with Gasteiger partial charge in [-0.05, 0) is 12.1 Å². The Balaban J connectivity index is 2.02. The van der Waals surface area contributed by atoms with E-state index in [1.165, 1.54) is 13.2 Å². The van der Waals surface area contributed by atoms with Crippen LogP contribution in [0.2, 0.25) is 0 Å². The Morgan fingerprint density at radius 2 is 1.90 bits per heavy atom. The van der Waals surface area contributed by atoms with Crippen molar-refractivity contribution < 1.29 is 19.4 Å². The molecule has 2 heterocycles. The number of methoxy groups -OCH3 is 1. The number of carbonyl (C=O) groups is 2. The Hall–Kier alpha value is -1.99. The minimum absolute atomic E-state index is 0.122.